The molecule has 88 valence electrons. The average Bonchev–Trinajstić information content (AvgIpc) is 2.68. The van der Waals surface area contributed by atoms with E-state index in [1.165, 1.54) is 11.3 Å². The van der Waals surface area contributed by atoms with E-state index in [4.69, 9.17) is 11.6 Å². The highest BCUT2D eigenvalue weighted by Gasteiger charge is 2.22. The lowest BCUT2D eigenvalue weighted by Gasteiger charge is -2.32. The van der Waals surface area contributed by atoms with E-state index < -0.39 is 0 Å². The zero-order valence-electron chi connectivity index (χ0n) is 9.20. The maximum Gasteiger partial charge on any atom is 0.174 e. The highest BCUT2D eigenvalue weighted by Crippen LogP contribution is 2.23. The number of Topliss-reactive ketones (excluding diaryl/α,β-unsaturated/α-hetero) is 1. The van der Waals surface area contributed by atoms with Gasteiger partial charge in [0.25, 0.3) is 0 Å². The largest absolute Gasteiger partial charge is 0.314 e. The summed E-state index contributed by atoms with van der Waals surface area (Å²) in [5, 5.41) is 3.31. The fourth-order valence-corrected chi connectivity index (χ4v) is 2.86. The Hall–Kier alpha value is -0.420. The van der Waals surface area contributed by atoms with Gasteiger partial charge in [0.05, 0.1) is 9.21 Å². The van der Waals surface area contributed by atoms with E-state index in [0.717, 1.165) is 24.5 Å². The van der Waals surface area contributed by atoms with E-state index in [1.54, 1.807) is 6.07 Å². The van der Waals surface area contributed by atoms with Gasteiger partial charge in [0.15, 0.2) is 5.78 Å². The number of hydrogen-bond donors (Lipinski definition) is 1. The molecule has 16 heavy (non-hydrogen) atoms. The van der Waals surface area contributed by atoms with Gasteiger partial charge < -0.3 is 10.2 Å². The number of nitrogens with zero attached hydrogens (tertiary/aromatic N) is 1. The van der Waals surface area contributed by atoms with E-state index in [1.807, 2.05) is 6.07 Å². The first-order valence-corrected chi connectivity index (χ1v) is 6.56. The monoisotopic (exact) mass is 258 g/mol. The van der Waals surface area contributed by atoms with Crippen LogP contribution in [0.5, 0.6) is 0 Å². The van der Waals surface area contributed by atoms with Crippen molar-refractivity contribution in [1.82, 2.24) is 10.2 Å². The molecule has 1 fully saturated rings. The minimum atomic E-state index is 0.192. The predicted octanol–water partition coefficient (Wildman–Crippen LogP) is 1.88. The van der Waals surface area contributed by atoms with Gasteiger partial charge in [-0.3, -0.25) is 4.79 Å². The van der Waals surface area contributed by atoms with Gasteiger partial charge in [0.2, 0.25) is 0 Å². The van der Waals surface area contributed by atoms with Gasteiger partial charge in [-0.25, -0.2) is 0 Å². The minimum Gasteiger partial charge on any atom is -0.314 e. The third kappa shape index (κ3) is 2.83. The fraction of sp³-hybridized carbons (Fsp3) is 0.545. The first-order valence-electron chi connectivity index (χ1n) is 5.36. The molecule has 2 heterocycles. The third-order valence-electron chi connectivity index (χ3n) is 2.91. The lowest BCUT2D eigenvalue weighted by Crippen LogP contribution is -2.49. The predicted molar refractivity (Wildman–Crippen MR) is 67.6 cm³/mol. The van der Waals surface area contributed by atoms with E-state index in [2.05, 4.69) is 17.3 Å². The topological polar surface area (TPSA) is 32.3 Å². The Morgan fingerprint density at radius 2 is 2.50 bits per heavy atom. The maximum absolute atomic E-state index is 12.0. The van der Waals surface area contributed by atoms with Crippen molar-refractivity contribution >= 4 is 28.7 Å². The number of nitrogens with one attached hydrogen (secondary N) is 1. The second-order valence-electron chi connectivity index (χ2n) is 4.07. The summed E-state index contributed by atoms with van der Waals surface area (Å²) in [5.41, 5.74) is 0. The number of piperazine rings is 1. The van der Waals surface area contributed by atoms with Crippen molar-refractivity contribution in [2.24, 2.45) is 0 Å². The molecule has 0 saturated carbocycles. The van der Waals surface area contributed by atoms with Crippen LogP contribution in [-0.4, -0.2) is 43.4 Å². The second kappa shape index (κ2) is 5.27. The summed E-state index contributed by atoms with van der Waals surface area (Å²) in [4.78, 5) is 15.0. The van der Waals surface area contributed by atoms with Gasteiger partial charge >= 0.3 is 0 Å². The highest BCUT2D eigenvalue weighted by atomic mass is 35.5. The van der Waals surface area contributed by atoms with E-state index in [9.17, 15) is 4.79 Å². The Kier molecular flexibility index (Phi) is 3.97. The molecule has 1 aliphatic rings. The summed E-state index contributed by atoms with van der Waals surface area (Å²) in [5.74, 6) is 0.192. The van der Waals surface area contributed by atoms with E-state index in [0.29, 0.717) is 16.8 Å². The van der Waals surface area contributed by atoms with Crippen molar-refractivity contribution in [2.75, 3.05) is 26.7 Å². The van der Waals surface area contributed by atoms with Gasteiger partial charge in [-0.05, 0) is 19.2 Å². The smallest absolute Gasteiger partial charge is 0.174 e. The zero-order valence-corrected chi connectivity index (χ0v) is 10.8. The van der Waals surface area contributed by atoms with Crippen molar-refractivity contribution in [2.45, 2.75) is 12.5 Å². The van der Waals surface area contributed by atoms with Gasteiger partial charge in [0, 0.05) is 32.1 Å². The Bertz CT molecular complexity index is 380. The zero-order chi connectivity index (χ0) is 11.5. The molecule has 1 aromatic rings. The summed E-state index contributed by atoms with van der Waals surface area (Å²) in [7, 11) is 2.07. The van der Waals surface area contributed by atoms with Gasteiger partial charge in [-0.2, -0.15) is 0 Å². The van der Waals surface area contributed by atoms with Crippen molar-refractivity contribution in [3.63, 3.8) is 0 Å². The van der Waals surface area contributed by atoms with E-state index >= 15 is 0 Å². The van der Waals surface area contributed by atoms with Crippen LogP contribution in [0, 0.1) is 0 Å². The summed E-state index contributed by atoms with van der Waals surface area (Å²) in [6.07, 6.45) is 0.570. The molecule has 0 aromatic carbocycles. The average molecular weight is 259 g/mol. The summed E-state index contributed by atoms with van der Waals surface area (Å²) >= 11 is 7.18. The lowest BCUT2D eigenvalue weighted by molar-refractivity contribution is 0.0921. The van der Waals surface area contributed by atoms with Crippen LogP contribution < -0.4 is 5.32 Å². The molecule has 0 spiro atoms. The van der Waals surface area contributed by atoms with Crippen LogP contribution in [0.25, 0.3) is 0 Å². The first kappa shape index (κ1) is 12.0. The Balaban J connectivity index is 1.96. The number of thiophene rings is 1. The number of likely N-dealkylation sites (N-methyl/N-ethyl adjacent to an activating group) is 1. The molecule has 1 atom stereocenters. The number of rotatable bonds is 3. The molecule has 0 radical (unpaired) electrons. The quantitative estimate of drug-likeness (QED) is 0.841. The van der Waals surface area contributed by atoms with Crippen LogP contribution in [0.2, 0.25) is 4.34 Å². The fourth-order valence-electron chi connectivity index (χ4n) is 1.87. The summed E-state index contributed by atoms with van der Waals surface area (Å²) in [6.45, 7) is 2.90. The molecule has 1 unspecified atom stereocenters. The molecule has 1 N–H and O–H groups in total. The Morgan fingerprint density at radius 1 is 1.69 bits per heavy atom. The van der Waals surface area contributed by atoms with Crippen molar-refractivity contribution in [1.29, 1.82) is 0 Å². The van der Waals surface area contributed by atoms with Crippen LogP contribution >= 0.6 is 22.9 Å². The van der Waals surface area contributed by atoms with Crippen LogP contribution in [0.4, 0.5) is 0 Å². The second-order valence-corrected chi connectivity index (χ2v) is 5.78. The number of halogens is 1. The lowest BCUT2D eigenvalue weighted by atomic mass is 10.1. The van der Waals surface area contributed by atoms with Gasteiger partial charge in [-0.15, -0.1) is 11.3 Å². The van der Waals surface area contributed by atoms with Crippen LogP contribution in [0.3, 0.4) is 0 Å². The van der Waals surface area contributed by atoms with Crippen LogP contribution in [0.1, 0.15) is 16.1 Å². The molecule has 5 heteroatoms. The van der Waals surface area contributed by atoms with Gasteiger partial charge in [-0.1, -0.05) is 11.6 Å². The molecule has 0 aliphatic carbocycles. The number of carbonyl (C=O) groups excluding carboxylic acids is 1. The molecule has 0 bridgehead atoms. The molecular formula is C11H15ClN2OS. The van der Waals surface area contributed by atoms with Crippen LogP contribution in [-0.2, 0) is 0 Å². The minimum absolute atomic E-state index is 0.192. The Labute approximate surface area is 104 Å². The highest BCUT2D eigenvalue weighted by molar-refractivity contribution is 7.18. The van der Waals surface area contributed by atoms with E-state index in [-0.39, 0.29) is 5.78 Å². The summed E-state index contributed by atoms with van der Waals surface area (Å²) in [6, 6.07) is 3.90. The summed E-state index contributed by atoms with van der Waals surface area (Å²) < 4.78 is 0.679. The standard InChI is InChI=1S/C11H15ClN2OS/c1-14-5-4-13-7-8(14)6-9(15)10-2-3-11(12)16-10/h2-3,8,13H,4-7H2,1H3. The van der Waals surface area contributed by atoms with Crippen LogP contribution in [0.15, 0.2) is 12.1 Å². The molecular weight excluding hydrogens is 244 g/mol. The van der Waals surface area contributed by atoms with Gasteiger partial charge in [0.1, 0.15) is 0 Å². The molecule has 2 rings (SSSR count). The molecule has 0 amide bonds. The molecule has 1 aliphatic heterocycles. The maximum atomic E-state index is 12.0. The first-order chi connectivity index (χ1) is 7.66. The van der Waals surface area contributed by atoms with Crippen molar-refractivity contribution < 1.29 is 4.79 Å². The van der Waals surface area contributed by atoms with Crippen molar-refractivity contribution in [3.05, 3.63) is 21.3 Å². The van der Waals surface area contributed by atoms with Crippen molar-refractivity contribution in [3.8, 4) is 0 Å². The molecule has 3 nitrogen and oxygen atoms in total. The molecule has 1 aromatic heterocycles. The third-order valence-corrected chi connectivity index (χ3v) is 4.19. The Morgan fingerprint density at radius 3 is 3.12 bits per heavy atom. The molecule has 1 saturated heterocycles. The SMILES string of the molecule is CN1CCNCC1CC(=O)c1ccc(Cl)s1. The number of carbonyl (C=O) groups is 1. The number of ketones is 1. The normalized spacial score (nSPS) is 22.2. The number of hydrogen-bond acceptors (Lipinski definition) is 4.